The molecule has 0 atom stereocenters. The average Bonchev–Trinajstić information content (AvgIpc) is 2.70. The summed E-state index contributed by atoms with van der Waals surface area (Å²) in [4.78, 5) is 12.4. The molecule has 88 valence electrons. The molecule has 0 aliphatic heterocycles. The molecule has 0 unspecified atom stereocenters. The van der Waals surface area contributed by atoms with Crippen LogP contribution < -0.4 is 0 Å². The van der Waals surface area contributed by atoms with Gasteiger partial charge < -0.3 is 0 Å². The first kappa shape index (κ1) is 12.1. The predicted molar refractivity (Wildman–Crippen MR) is 64.1 cm³/mol. The molecule has 0 radical (unpaired) electrons. The van der Waals surface area contributed by atoms with Crippen molar-refractivity contribution >= 4 is 28.9 Å². The first-order valence-electron chi connectivity index (χ1n) is 4.84. The van der Waals surface area contributed by atoms with Gasteiger partial charge in [-0.3, -0.25) is 4.79 Å². The number of nitrogens with zero attached hydrogens (tertiary/aromatic N) is 2. The summed E-state index contributed by atoms with van der Waals surface area (Å²) in [6, 6.07) is 4.34. The molecule has 1 aromatic heterocycles. The number of aromatic nitrogens is 2. The van der Waals surface area contributed by atoms with Gasteiger partial charge in [0, 0.05) is 6.42 Å². The van der Waals surface area contributed by atoms with Gasteiger partial charge in [0.25, 0.3) is 0 Å². The van der Waals surface area contributed by atoms with Gasteiger partial charge in [-0.2, -0.15) is 0 Å². The van der Waals surface area contributed by atoms with Gasteiger partial charge >= 0.3 is 0 Å². The molecule has 2 rings (SSSR count). The van der Waals surface area contributed by atoms with Gasteiger partial charge in [-0.15, -0.1) is 5.10 Å². The van der Waals surface area contributed by atoms with E-state index in [0.29, 0.717) is 16.1 Å². The van der Waals surface area contributed by atoms with Gasteiger partial charge in [-0.25, -0.2) is 4.39 Å². The van der Waals surface area contributed by atoms with Crippen molar-refractivity contribution in [2.24, 2.45) is 0 Å². The highest BCUT2D eigenvalue weighted by molar-refractivity contribution is 7.08. The van der Waals surface area contributed by atoms with Crippen LogP contribution in [-0.2, 0) is 6.42 Å². The maximum Gasteiger partial charge on any atom is 0.180 e. The van der Waals surface area contributed by atoms with Crippen LogP contribution in [-0.4, -0.2) is 15.4 Å². The monoisotopic (exact) mass is 270 g/mol. The highest BCUT2D eigenvalue weighted by atomic mass is 35.5. The molecule has 0 aliphatic carbocycles. The van der Waals surface area contributed by atoms with Crippen LogP contribution in [0.3, 0.4) is 0 Å². The lowest BCUT2D eigenvalue weighted by Gasteiger charge is -2.01. The van der Waals surface area contributed by atoms with E-state index in [0.717, 1.165) is 11.5 Å². The smallest absolute Gasteiger partial charge is 0.180 e. The summed E-state index contributed by atoms with van der Waals surface area (Å²) in [6.45, 7) is 1.72. The SMILES string of the molecule is Cc1nnsc1C(=O)Cc1ccc(Cl)c(F)c1. The number of halogens is 2. The molecule has 0 saturated carbocycles. The van der Waals surface area contributed by atoms with E-state index < -0.39 is 5.82 Å². The highest BCUT2D eigenvalue weighted by Crippen LogP contribution is 2.18. The van der Waals surface area contributed by atoms with Gasteiger partial charge in [0.05, 0.1) is 10.7 Å². The maximum absolute atomic E-state index is 13.2. The molecule has 0 aliphatic rings. The fraction of sp³-hybridized carbons (Fsp3) is 0.182. The second-order valence-corrected chi connectivity index (χ2v) is 4.70. The lowest BCUT2D eigenvalue weighted by atomic mass is 10.1. The topological polar surface area (TPSA) is 42.9 Å². The van der Waals surface area contributed by atoms with E-state index in [9.17, 15) is 9.18 Å². The van der Waals surface area contributed by atoms with Crippen molar-refractivity contribution in [3.05, 3.63) is 45.2 Å². The Balaban J connectivity index is 2.19. The second-order valence-electron chi connectivity index (χ2n) is 3.54. The molecule has 6 heteroatoms. The Morgan fingerprint density at radius 2 is 2.29 bits per heavy atom. The van der Waals surface area contributed by atoms with Crippen molar-refractivity contribution in [1.29, 1.82) is 0 Å². The Morgan fingerprint density at radius 3 is 2.88 bits per heavy atom. The van der Waals surface area contributed by atoms with Crippen LogP contribution in [0.1, 0.15) is 20.9 Å². The molecule has 0 fully saturated rings. The molecule has 2 aromatic rings. The van der Waals surface area contributed by atoms with Gasteiger partial charge in [0.1, 0.15) is 10.7 Å². The summed E-state index contributed by atoms with van der Waals surface area (Å²) >= 11 is 6.62. The van der Waals surface area contributed by atoms with E-state index in [4.69, 9.17) is 11.6 Å². The van der Waals surface area contributed by atoms with Gasteiger partial charge in [-0.05, 0) is 36.2 Å². The average molecular weight is 271 g/mol. The summed E-state index contributed by atoms with van der Waals surface area (Å²) in [5.74, 6) is -0.629. The Hall–Kier alpha value is -1.33. The van der Waals surface area contributed by atoms with Crippen molar-refractivity contribution in [2.45, 2.75) is 13.3 Å². The number of benzene rings is 1. The largest absolute Gasteiger partial charge is 0.293 e. The molecule has 3 nitrogen and oxygen atoms in total. The minimum Gasteiger partial charge on any atom is -0.293 e. The Kier molecular flexibility index (Phi) is 3.49. The molecular weight excluding hydrogens is 263 g/mol. The van der Waals surface area contributed by atoms with E-state index in [1.54, 1.807) is 13.0 Å². The third-order valence-corrected chi connectivity index (χ3v) is 3.43. The Bertz CT molecular complexity index is 570. The number of Topliss-reactive ketones (excluding diaryl/α,β-unsaturated/α-hetero) is 1. The summed E-state index contributed by atoms with van der Waals surface area (Å²) in [5.41, 5.74) is 1.19. The first-order valence-corrected chi connectivity index (χ1v) is 5.99. The number of hydrogen-bond acceptors (Lipinski definition) is 4. The van der Waals surface area contributed by atoms with E-state index in [1.165, 1.54) is 12.1 Å². The number of aryl methyl sites for hydroxylation is 1. The van der Waals surface area contributed by atoms with E-state index >= 15 is 0 Å². The van der Waals surface area contributed by atoms with Crippen molar-refractivity contribution in [3.8, 4) is 0 Å². The van der Waals surface area contributed by atoms with Crippen molar-refractivity contribution < 1.29 is 9.18 Å². The van der Waals surface area contributed by atoms with Gasteiger partial charge in [-0.1, -0.05) is 22.2 Å². The van der Waals surface area contributed by atoms with Crippen LogP contribution in [0.15, 0.2) is 18.2 Å². The Labute approximate surface area is 106 Å². The van der Waals surface area contributed by atoms with Crippen molar-refractivity contribution in [2.75, 3.05) is 0 Å². The lowest BCUT2D eigenvalue weighted by molar-refractivity contribution is 0.0996. The van der Waals surface area contributed by atoms with Gasteiger partial charge in [0.15, 0.2) is 5.78 Å². The van der Waals surface area contributed by atoms with Gasteiger partial charge in [0.2, 0.25) is 0 Å². The Morgan fingerprint density at radius 1 is 1.53 bits per heavy atom. The normalized spacial score (nSPS) is 10.5. The standard InChI is InChI=1S/C11H8ClFN2OS/c1-6-11(17-15-14-6)10(16)5-7-2-3-8(12)9(13)4-7/h2-4H,5H2,1H3. The van der Waals surface area contributed by atoms with E-state index in [2.05, 4.69) is 9.59 Å². The molecule has 0 N–H and O–H groups in total. The molecule has 17 heavy (non-hydrogen) atoms. The molecule has 0 bridgehead atoms. The number of hydrogen-bond donors (Lipinski definition) is 0. The molecule has 1 heterocycles. The van der Waals surface area contributed by atoms with Crippen molar-refractivity contribution in [3.63, 3.8) is 0 Å². The molecule has 0 spiro atoms. The molecular formula is C11H8ClFN2OS. The fourth-order valence-electron chi connectivity index (χ4n) is 1.40. The van der Waals surface area contributed by atoms with Crippen LogP contribution in [0.5, 0.6) is 0 Å². The quantitative estimate of drug-likeness (QED) is 0.805. The minimum atomic E-state index is -0.517. The third kappa shape index (κ3) is 2.68. The zero-order valence-corrected chi connectivity index (χ0v) is 10.5. The number of ketones is 1. The fourth-order valence-corrected chi connectivity index (χ4v) is 2.11. The molecule has 1 aromatic carbocycles. The van der Waals surface area contributed by atoms with Crippen LogP contribution >= 0.6 is 23.1 Å². The summed E-state index contributed by atoms with van der Waals surface area (Å²) in [7, 11) is 0. The number of rotatable bonds is 3. The molecule has 0 saturated heterocycles. The van der Waals surface area contributed by atoms with E-state index in [-0.39, 0.29) is 17.2 Å². The zero-order chi connectivity index (χ0) is 12.4. The predicted octanol–water partition coefficient (Wildman–Crippen LogP) is 3.06. The summed E-state index contributed by atoms with van der Waals surface area (Å²) in [5, 5.41) is 3.82. The highest BCUT2D eigenvalue weighted by Gasteiger charge is 2.14. The summed E-state index contributed by atoms with van der Waals surface area (Å²) < 4.78 is 16.9. The van der Waals surface area contributed by atoms with E-state index in [1.807, 2.05) is 0 Å². The van der Waals surface area contributed by atoms with Crippen LogP contribution in [0.4, 0.5) is 4.39 Å². The molecule has 0 amide bonds. The van der Waals surface area contributed by atoms with Crippen LogP contribution in [0.2, 0.25) is 5.02 Å². The van der Waals surface area contributed by atoms with Crippen LogP contribution in [0, 0.1) is 12.7 Å². The second kappa shape index (κ2) is 4.89. The van der Waals surface area contributed by atoms with Crippen LogP contribution in [0.25, 0.3) is 0 Å². The first-order chi connectivity index (χ1) is 8.08. The lowest BCUT2D eigenvalue weighted by Crippen LogP contribution is -2.03. The summed E-state index contributed by atoms with van der Waals surface area (Å²) in [6.07, 6.45) is 0.124. The zero-order valence-electron chi connectivity index (χ0n) is 8.91. The number of carbonyl (C=O) groups excluding carboxylic acids is 1. The third-order valence-electron chi connectivity index (χ3n) is 2.25. The van der Waals surface area contributed by atoms with Crippen molar-refractivity contribution in [1.82, 2.24) is 9.59 Å². The maximum atomic E-state index is 13.2. The minimum absolute atomic E-state index is 0.0526. The number of carbonyl (C=O) groups is 1.